The molecule has 8 heteroatoms. The SMILES string of the molecule is Cc1ccccc1NC(=O)/C(C#N)=C\c1c(Oc2ccc(F)cc2)nc2ccccn2c1=O. The molecule has 0 fully saturated rings. The number of fused-ring (bicyclic) bond motifs is 1. The van der Waals surface area contributed by atoms with E-state index < -0.39 is 17.3 Å². The second kappa shape index (κ2) is 9.16. The lowest BCUT2D eigenvalue weighted by Gasteiger charge is -2.11. The first-order valence-electron chi connectivity index (χ1n) is 9.90. The molecule has 4 rings (SSSR count). The zero-order valence-corrected chi connectivity index (χ0v) is 17.4. The van der Waals surface area contributed by atoms with Crippen LogP contribution in [0, 0.1) is 24.1 Å². The highest BCUT2D eigenvalue weighted by atomic mass is 19.1. The number of aryl methyl sites for hydroxylation is 1. The molecule has 1 N–H and O–H groups in total. The van der Waals surface area contributed by atoms with Crippen molar-refractivity contribution < 1.29 is 13.9 Å². The fourth-order valence-corrected chi connectivity index (χ4v) is 3.09. The molecule has 2 aromatic heterocycles. The van der Waals surface area contributed by atoms with Crippen molar-refractivity contribution in [1.29, 1.82) is 5.26 Å². The Bertz CT molecular complexity index is 1480. The molecule has 0 saturated carbocycles. The molecule has 0 aliphatic carbocycles. The molecule has 2 heterocycles. The third-order valence-electron chi connectivity index (χ3n) is 4.81. The number of para-hydroxylation sites is 1. The molecular formula is C25H17FN4O3. The van der Waals surface area contributed by atoms with Crippen molar-refractivity contribution in [1.82, 2.24) is 9.38 Å². The van der Waals surface area contributed by atoms with Crippen molar-refractivity contribution in [2.75, 3.05) is 5.32 Å². The minimum atomic E-state index is -0.683. The Morgan fingerprint density at radius 3 is 2.58 bits per heavy atom. The second-order valence-corrected chi connectivity index (χ2v) is 7.06. The Kier molecular flexibility index (Phi) is 5.96. The lowest BCUT2D eigenvalue weighted by molar-refractivity contribution is -0.112. The van der Waals surface area contributed by atoms with Gasteiger partial charge in [0, 0.05) is 11.9 Å². The van der Waals surface area contributed by atoms with Gasteiger partial charge in [-0.1, -0.05) is 24.3 Å². The van der Waals surface area contributed by atoms with Gasteiger partial charge in [0.2, 0.25) is 5.88 Å². The maximum Gasteiger partial charge on any atom is 0.269 e. The van der Waals surface area contributed by atoms with Crippen molar-refractivity contribution in [3.05, 3.63) is 106 Å². The molecule has 4 aromatic rings. The standard InChI is InChI=1S/C25H17FN4O3/c1-16-6-2-3-7-21(16)28-23(31)17(15-27)14-20-24(33-19-11-9-18(26)10-12-19)29-22-8-4-5-13-30(22)25(20)32/h2-14H,1H3,(H,28,31)/b17-14-. The van der Waals surface area contributed by atoms with Gasteiger partial charge in [-0.05, 0) is 61.0 Å². The van der Waals surface area contributed by atoms with Gasteiger partial charge >= 0.3 is 0 Å². The van der Waals surface area contributed by atoms with Crippen LogP contribution in [0.1, 0.15) is 11.1 Å². The number of hydrogen-bond acceptors (Lipinski definition) is 5. The zero-order chi connectivity index (χ0) is 23.4. The minimum Gasteiger partial charge on any atom is -0.438 e. The van der Waals surface area contributed by atoms with Crippen molar-refractivity contribution in [2.24, 2.45) is 0 Å². The highest BCUT2D eigenvalue weighted by Crippen LogP contribution is 2.24. The Morgan fingerprint density at radius 1 is 1.12 bits per heavy atom. The summed E-state index contributed by atoms with van der Waals surface area (Å²) in [6, 6.07) is 19.1. The molecule has 0 atom stereocenters. The molecule has 0 unspecified atom stereocenters. The van der Waals surface area contributed by atoms with E-state index >= 15 is 0 Å². The third kappa shape index (κ3) is 4.62. The summed E-state index contributed by atoms with van der Waals surface area (Å²) in [7, 11) is 0. The topological polar surface area (TPSA) is 96.5 Å². The average Bonchev–Trinajstić information content (AvgIpc) is 2.82. The third-order valence-corrected chi connectivity index (χ3v) is 4.81. The van der Waals surface area contributed by atoms with Gasteiger partial charge in [0.05, 0.1) is 0 Å². The number of ether oxygens (including phenoxy) is 1. The fraction of sp³-hybridized carbons (Fsp3) is 0.0400. The van der Waals surface area contributed by atoms with Crippen molar-refractivity contribution in [2.45, 2.75) is 6.92 Å². The molecular weight excluding hydrogens is 423 g/mol. The Labute approximate surface area is 188 Å². The minimum absolute atomic E-state index is 0.0977. The molecule has 0 spiro atoms. The molecule has 0 bridgehead atoms. The molecule has 1 amide bonds. The van der Waals surface area contributed by atoms with Gasteiger partial charge in [0.25, 0.3) is 11.5 Å². The maximum absolute atomic E-state index is 13.3. The van der Waals surface area contributed by atoms with Crippen LogP contribution >= 0.6 is 0 Å². The number of pyridine rings is 1. The number of rotatable bonds is 5. The number of nitrogens with zero attached hydrogens (tertiary/aromatic N) is 3. The number of amides is 1. The first-order valence-corrected chi connectivity index (χ1v) is 9.90. The van der Waals surface area contributed by atoms with Crippen molar-refractivity contribution in [3.63, 3.8) is 0 Å². The van der Waals surface area contributed by atoms with Crippen LogP contribution in [0.2, 0.25) is 0 Å². The summed E-state index contributed by atoms with van der Waals surface area (Å²) >= 11 is 0. The number of carbonyl (C=O) groups excluding carboxylic acids is 1. The van der Waals surface area contributed by atoms with Crippen LogP contribution in [0.15, 0.2) is 83.3 Å². The van der Waals surface area contributed by atoms with E-state index in [1.807, 2.05) is 25.1 Å². The van der Waals surface area contributed by atoms with Gasteiger partial charge in [-0.3, -0.25) is 14.0 Å². The number of benzene rings is 2. The Hall–Kier alpha value is -4.77. The van der Waals surface area contributed by atoms with E-state index in [0.29, 0.717) is 11.3 Å². The maximum atomic E-state index is 13.3. The van der Waals surface area contributed by atoms with E-state index in [2.05, 4.69) is 10.3 Å². The van der Waals surface area contributed by atoms with Gasteiger partial charge in [-0.15, -0.1) is 0 Å². The van der Waals surface area contributed by atoms with Crippen LogP contribution in [0.3, 0.4) is 0 Å². The molecule has 0 radical (unpaired) electrons. The lowest BCUT2D eigenvalue weighted by atomic mass is 10.1. The highest BCUT2D eigenvalue weighted by Gasteiger charge is 2.18. The fourth-order valence-electron chi connectivity index (χ4n) is 3.09. The second-order valence-electron chi connectivity index (χ2n) is 7.06. The summed E-state index contributed by atoms with van der Waals surface area (Å²) in [5, 5.41) is 12.3. The molecule has 33 heavy (non-hydrogen) atoms. The quantitative estimate of drug-likeness (QED) is 0.365. The first-order chi connectivity index (χ1) is 16.0. The average molecular weight is 440 g/mol. The molecule has 0 aliphatic rings. The normalized spacial score (nSPS) is 11.1. The summed E-state index contributed by atoms with van der Waals surface area (Å²) in [6.07, 6.45) is 2.66. The van der Waals surface area contributed by atoms with Crippen LogP contribution in [0.5, 0.6) is 11.6 Å². The number of nitriles is 1. The smallest absolute Gasteiger partial charge is 0.269 e. The highest BCUT2D eigenvalue weighted by molar-refractivity contribution is 6.10. The summed E-state index contributed by atoms with van der Waals surface area (Å²) in [5.74, 6) is -1.01. The number of carbonyl (C=O) groups is 1. The number of hydrogen-bond donors (Lipinski definition) is 1. The lowest BCUT2D eigenvalue weighted by Crippen LogP contribution is -2.20. The van der Waals surface area contributed by atoms with Gasteiger partial charge in [0.1, 0.15) is 34.4 Å². The van der Waals surface area contributed by atoms with Gasteiger partial charge in [-0.2, -0.15) is 10.2 Å². The largest absolute Gasteiger partial charge is 0.438 e. The molecule has 0 aliphatic heterocycles. The van der Waals surface area contributed by atoms with E-state index in [4.69, 9.17) is 4.74 Å². The molecule has 162 valence electrons. The zero-order valence-electron chi connectivity index (χ0n) is 17.4. The summed E-state index contributed by atoms with van der Waals surface area (Å²) in [5.41, 5.74) is 0.723. The Morgan fingerprint density at radius 2 is 1.85 bits per heavy atom. The predicted molar refractivity (Wildman–Crippen MR) is 121 cm³/mol. The first kappa shape index (κ1) is 21.5. The van der Waals surface area contributed by atoms with Gasteiger partial charge < -0.3 is 10.1 Å². The molecule has 0 saturated heterocycles. The monoisotopic (exact) mass is 440 g/mol. The van der Waals surface area contributed by atoms with Crippen molar-refractivity contribution >= 4 is 23.3 Å². The summed E-state index contributed by atoms with van der Waals surface area (Å²) in [6.45, 7) is 1.82. The van der Waals surface area contributed by atoms with Crippen LogP contribution in [0.4, 0.5) is 10.1 Å². The van der Waals surface area contributed by atoms with E-state index in [-0.39, 0.29) is 22.8 Å². The van der Waals surface area contributed by atoms with Crippen LogP contribution in [0.25, 0.3) is 11.7 Å². The van der Waals surface area contributed by atoms with E-state index in [1.54, 1.807) is 30.3 Å². The summed E-state index contributed by atoms with van der Waals surface area (Å²) in [4.78, 5) is 30.3. The number of halogens is 1. The van der Waals surface area contributed by atoms with Gasteiger partial charge in [-0.25, -0.2) is 4.39 Å². The van der Waals surface area contributed by atoms with Crippen LogP contribution in [-0.4, -0.2) is 15.3 Å². The number of anilines is 1. The molecule has 7 nitrogen and oxygen atoms in total. The summed E-state index contributed by atoms with van der Waals surface area (Å²) < 4.78 is 20.3. The Balaban J connectivity index is 1.81. The van der Waals surface area contributed by atoms with Crippen molar-refractivity contribution in [3.8, 4) is 17.7 Å². The molecule has 2 aromatic carbocycles. The predicted octanol–water partition coefficient (Wildman–Crippen LogP) is 4.48. The van der Waals surface area contributed by atoms with E-state index in [1.165, 1.54) is 34.9 Å². The van der Waals surface area contributed by atoms with E-state index in [0.717, 1.165) is 11.6 Å². The van der Waals surface area contributed by atoms with Crippen LogP contribution < -0.4 is 15.6 Å². The number of nitrogens with one attached hydrogen (secondary N) is 1. The van der Waals surface area contributed by atoms with E-state index in [9.17, 15) is 19.2 Å². The van der Waals surface area contributed by atoms with Gasteiger partial charge in [0.15, 0.2) is 0 Å². The number of aromatic nitrogens is 2. The van der Waals surface area contributed by atoms with Crippen LogP contribution in [-0.2, 0) is 4.79 Å².